The third-order valence-electron chi connectivity index (χ3n) is 2.88. The molecule has 0 aromatic carbocycles. The van der Waals surface area contributed by atoms with E-state index in [0.717, 1.165) is 11.3 Å². The lowest BCUT2D eigenvalue weighted by molar-refractivity contribution is 0.571. The average molecular weight is 366 g/mol. The summed E-state index contributed by atoms with van der Waals surface area (Å²) in [6, 6.07) is 6.67. The monoisotopic (exact) mass is 365 g/mol. The van der Waals surface area contributed by atoms with Crippen molar-refractivity contribution < 1.29 is 16.8 Å². The van der Waals surface area contributed by atoms with Gasteiger partial charge in [-0.15, -0.1) is 22.7 Å². The van der Waals surface area contributed by atoms with Crippen molar-refractivity contribution in [3.63, 3.8) is 0 Å². The molecular weight excluding hydrogens is 350 g/mol. The van der Waals surface area contributed by atoms with E-state index in [9.17, 15) is 16.8 Å². The molecular formula is C12H15NO4S4. The number of thiophene rings is 2. The van der Waals surface area contributed by atoms with Crippen LogP contribution in [0.15, 0.2) is 39.2 Å². The first-order valence-electron chi connectivity index (χ1n) is 6.15. The van der Waals surface area contributed by atoms with Crippen molar-refractivity contribution in [3.05, 3.63) is 39.9 Å². The summed E-state index contributed by atoms with van der Waals surface area (Å²) in [5.74, 6) is -0.0801. The predicted molar refractivity (Wildman–Crippen MR) is 86.0 cm³/mol. The van der Waals surface area contributed by atoms with Gasteiger partial charge in [-0.25, -0.2) is 21.6 Å². The summed E-state index contributed by atoms with van der Waals surface area (Å²) in [5.41, 5.74) is 0. The van der Waals surface area contributed by atoms with E-state index in [4.69, 9.17) is 0 Å². The Bertz CT molecular complexity index is 761. The van der Waals surface area contributed by atoms with E-state index in [1.165, 1.54) is 24.3 Å². The van der Waals surface area contributed by atoms with Crippen molar-refractivity contribution >= 4 is 42.5 Å². The molecule has 0 radical (unpaired) electrons. The van der Waals surface area contributed by atoms with Crippen LogP contribution in [0.4, 0.5) is 0 Å². The highest BCUT2D eigenvalue weighted by Crippen LogP contribution is 2.33. The van der Waals surface area contributed by atoms with Gasteiger partial charge < -0.3 is 0 Å². The van der Waals surface area contributed by atoms with Gasteiger partial charge in [0.2, 0.25) is 10.0 Å². The van der Waals surface area contributed by atoms with Gasteiger partial charge in [0.05, 0.1) is 5.75 Å². The van der Waals surface area contributed by atoms with Crippen molar-refractivity contribution in [1.29, 1.82) is 0 Å². The van der Waals surface area contributed by atoms with Gasteiger partial charge in [0.15, 0.2) is 9.84 Å². The lowest BCUT2D eigenvalue weighted by atomic mass is 10.3. The SMILES string of the molecule is CCS(=O)(=O)NC[C@@H](c1cccs1)S(=O)(=O)c1cccs1. The number of hydrogen-bond donors (Lipinski definition) is 1. The molecule has 5 nitrogen and oxygen atoms in total. The highest BCUT2D eigenvalue weighted by atomic mass is 32.2. The first-order valence-corrected chi connectivity index (χ1v) is 11.1. The van der Waals surface area contributed by atoms with Gasteiger partial charge in [-0.3, -0.25) is 0 Å². The molecule has 1 atom stereocenters. The van der Waals surface area contributed by atoms with Gasteiger partial charge in [0.1, 0.15) is 9.46 Å². The summed E-state index contributed by atoms with van der Waals surface area (Å²) in [4.78, 5) is 0.627. The molecule has 0 spiro atoms. The largest absolute Gasteiger partial charge is 0.222 e. The minimum Gasteiger partial charge on any atom is -0.222 e. The fourth-order valence-corrected chi connectivity index (χ4v) is 6.43. The number of sulfone groups is 1. The van der Waals surface area contributed by atoms with Crippen LogP contribution in [-0.4, -0.2) is 29.1 Å². The predicted octanol–water partition coefficient (Wildman–Crippen LogP) is 2.26. The summed E-state index contributed by atoms with van der Waals surface area (Å²) < 4.78 is 51.1. The van der Waals surface area contributed by atoms with Crippen LogP contribution in [0, 0.1) is 0 Å². The van der Waals surface area contributed by atoms with Gasteiger partial charge in [-0.05, 0) is 29.8 Å². The van der Waals surface area contributed by atoms with Crippen molar-refractivity contribution in [3.8, 4) is 0 Å². The maximum atomic E-state index is 12.7. The molecule has 0 aliphatic rings. The first kappa shape index (κ1) is 16.6. The summed E-state index contributed by atoms with van der Waals surface area (Å²) in [6.07, 6.45) is 0. The van der Waals surface area contributed by atoms with Crippen LogP contribution in [0.2, 0.25) is 0 Å². The molecule has 116 valence electrons. The summed E-state index contributed by atoms with van der Waals surface area (Å²) >= 11 is 2.44. The highest BCUT2D eigenvalue weighted by Gasteiger charge is 2.31. The Balaban J connectivity index is 2.34. The van der Waals surface area contributed by atoms with E-state index < -0.39 is 25.1 Å². The lowest BCUT2D eigenvalue weighted by Gasteiger charge is -2.16. The van der Waals surface area contributed by atoms with Crippen LogP contribution in [0.25, 0.3) is 0 Å². The van der Waals surface area contributed by atoms with Crippen LogP contribution in [0.5, 0.6) is 0 Å². The fourth-order valence-electron chi connectivity index (χ4n) is 1.71. The molecule has 1 N–H and O–H groups in total. The second-order valence-electron chi connectivity index (χ2n) is 4.23. The Morgan fingerprint density at radius 1 is 1.10 bits per heavy atom. The molecule has 2 heterocycles. The summed E-state index contributed by atoms with van der Waals surface area (Å²) in [7, 11) is -7.05. The normalized spacial score (nSPS) is 14.1. The summed E-state index contributed by atoms with van der Waals surface area (Å²) in [6.45, 7) is 1.35. The Morgan fingerprint density at radius 2 is 1.76 bits per heavy atom. The minimum absolute atomic E-state index is 0.0801. The molecule has 0 unspecified atom stereocenters. The molecule has 0 amide bonds. The smallest absolute Gasteiger partial charge is 0.211 e. The molecule has 0 bridgehead atoms. The molecule has 2 rings (SSSR count). The van der Waals surface area contributed by atoms with Gasteiger partial charge in [0.25, 0.3) is 0 Å². The molecule has 0 fully saturated rings. The molecule has 0 saturated heterocycles. The van der Waals surface area contributed by atoms with E-state index in [1.54, 1.807) is 29.0 Å². The molecule has 2 aromatic heterocycles. The zero-order valence-corrected chi connectivity index (χ0v) is 14.5. The third-order valence-corrected chi connectivity index (χ3v) is 8.89. The Kier molecular flexibility index (Phi) is 5.20. The fraction of sp³-hybridized carbons (Fsp3) is 0.333. The standard InChI is InChI=1S/C12H15NO4S4/c1-2-20(14,15)13-9-11(10-5-3-7-18-10)21(16,17)12-6-4-8-19-12/h3-8,11,13H,2,9H2,1H3/t11-/m0/s1. The van der Waals surface area contributed by atoms with E-state index in [0.29, 0.717) is 4.88 Å². The Hall–Kier alpha value is -0.740. The minimum atomic E-state index is -3.61. The second-order valence-corrected chi connectivity index (χ2v) is 10.6. The van der Waals surface area contributed by atoms with E-state index in [-0.39, 0.29) is 16.5 Å². The Labute approximate surface area is 132 Å². The van der Waals surface area contributed by atoms with Crippen molar-refractivity contribution in [2.24, 2.45) is 0 Å². The third kappa shape index (κ3) is 3.92. The molecule has 21 heavy (non-hydrogen) atoms. The number of rotatable bonds is 7. The van der Waals surface area contributed by atoms with Crippen LogP contribution in [-0.2, 0) is 19.9 Å². The molecule has 0 aliphatic carbocycles. The molecule has 0 saturated carbocycles. The maximum Gasteiger partial charge on any atom is 0.211 e. The van der Waals surface area contributed by atoms with Crippen LogP contribution in [0.1, 0.15) is 17.1 Å². The lowest BCUT2D eigenvalue weighted by Crippen LogP contribution is -2.32. The van der Waals surface area contributed by atoms with Crippen LogP contribution >= 0.6 is 22.7 Å². The first-order chi connectivity index (χ1) is 9.87. The highest BCUT2D eigenvalue weighted by molar-refractivity contribution is 7.94. The van der Waals surface area contributed by atoms with E-state index in [2.05, 4.69) is 4.72 Å². The zero-order chi connectivity index (χ0) is 15.5. The number of hydrogen-bond acceptors (Lipinski definition) is 6. The zero-order valence-electron chi connectivity index (χ0n) is 11.2. The van der Waals surface area contributed by atoms with E-state index >= 15 is 0 Å². The van der Waals surface area contributed by atoms with Crippen molar-refractivity contribution in [2.45, 2.75) is 16.4 Å². The van der Waals surface area contributed by atoms with Crippen LogP contribution < -0.4 is 4.72 Å². The summed E-state index contributed by atoms with van der Waals surface area (Å²) in [5, 5.41) is 2.56. The van der Waals surface area contributed by atoms with Gasteiger partial charge in [0, 0.05) is 11.4 Å². The molecule has 0 aliphatic heterocycles. The Morgan fingerprint density at radius 3 is 2.29 bits per heavy atom. The second kappa shape index (κ2) is 6.57. The van der Waals surface area contributed by atoms with Gasteiger partial charge in [-0.1, -0.05) is 12.1 Å². The topological polar surface area (TPSA) is 80.3 Å². The number of nitrogens with one attached hydrogen (secondary N) is 1. The molecule has 2 aromatic rings. The molecule has 9 heteroatoms. The maximum absolute atomic E-state index is 12.7. The van der Waals surface area contributed by atoms with Crippen LogP contribution in [0.3, 0.4) is 0 Å². The van der Waals surface area contributed by atoms with Crippen molar-refractivity contribution in [2.75, 3.05) is 12.3 Å². The van der Waals surface area contributed by atoms with Gasteiger partial charge in [-0.2, -0.15) is 0 Å². The van der Waals surface area contributed by atoms with Crippen molar-refractivity contribution in [1.82, 2.24) is 4.72 Å². The van der Waals surface area contributed by atoms with Gasteiger partial charge >= 0.3 is 0 Å². The van der Waals surface area contributed by atoms with E-state index in [1.807, 2.05) is 0 Å². The average Bonchev–Trinajstić information content (AvgIpc) is 3.12. The number of sulfonamides is 1. The quantitative estimate of drug-likeness (QED) is 0.816.